The fourth-order valence-electron chi connectivity index (χ4n) is 5.05. The predicted octanol–water partition coefficient (Wildman–Crippen LogP) is 2.52. The number of piperidine rings is 1. The molecule has 6 heteroatoms. The second-order valence-corrected chi connectivity index (χ2v) is 9.10. The number of ether oxygens (including phenoxy) is 1. The number of hydrogen-bond donors (Lipinski definition) is 0. The molecule has 3 saturated heterocycles. The number of rotatable bonds is 6. The van der Waals surface area contributed by atoms with E-state index in [1.165, 1.54) is 6.42 Å². The van der Waals surface area contributed by atoms with E-state index in [0.717, 1.165) is 58.3 Å². The molecule has 1 spiro atoms. The first-order valence-corrected chi connectivity index (χ1v) is 11.4. The van der Waals surface area contributed by atoms with E-state index in [1.807, 2.05) is 4.90 Å². The fraction of sp³-hybridized carbons (Fsp3) is 0.909. The van der Waals surface area contributed by atoms with Crippen molar-refractivity contribution in [1.82, 2.24) is 14.7 Å². The molecule has 0 saturated carbocycles. The van der Waals surface area contributed by atoms with Crippen molar-refractivity contribution in [3.8, 4) is 0 Å². The van der Waals surface area contributed by atoms with Crippen molar-refractivity contribution >= 4 is 11.8 Å². The van der Waals surface area contributed by atoms with Crippen LogP contribution >= 0.6 is 0 Å². The standard InChI is InChI=1S/C22H39N3O3/c1-4-18(5-2)16-25-17-22(28-14-8-20(25)26)9-12-24(13-10-22)21(27)15-19-7-6-11-23(19)3/h18-19H,4-17H2,1-3H3. The molecule has 2 amide bonds. The Hall–Kier alpha value is -1.14. The smallest absolute Gasteiger partial charge is 0.224 e. The second kappa shape index (κ2) is 9.57. The number of likely N-dealkylation sites (tertiary alicyclic amines) is 2. The highest BCUT2D eigenvalue weighted by molar-refractivity contribution is 5.77. The van der Waals surface area contributed by atoms with Crippen molar-refractivity contribution in [2.24, 2.45) is 5.92 Å². The predicted molar refractivity (Wildman–Crippen MR) is 110 cm³/mol. The van der Waals surface area contributed by atoms with Gasteiger partial charge in [0, 0.05) is 38.6 Å². The Kier molecular flexibility index (Phi) is 7.37. The summed E-state index contributed by atoms with van der Waals surface area (Å²) in [5.41, 5.74) is -0.265. The van der Waals surface area contributed by atoms with Gasteiger partial charge in [0.2, 0.25) is 11.8 Å². The summed E-state index contributed by atoms with van der Waals surface area (Å²) >= 11 is 0. The van der Waals surface area contributed by atoms with E-state index >= 15 is 0 Å². The first kappa shape index (κ1) is 21.6. The number of carbonyl (C=O) groups is 2. The molecule has 0 radical (unpaired) electrons. The molecule has 0 aromatic carbocycles. The fourth-order valence-corrected chi connectivity index (χ4v) is 5.05. The molecule has 1 atom stereocenters. The van der Waals surface area contributed by atoms with Gasteiger partial charge in [-0.1, -0.05) is 26.7 Å². The molecule has 28 heavy (non-hydrogen) atoms. The first-order chi connectivity index (χ1) is 13.5. The largest absolute Gasteiger partial charge is 0.372 e. The third-order valence-corrected chi connectivity index (χ3v) is 7.30. The van der Waals surface area contributed by atoms with Gasteiger partial charge >= 0.3 is 0 Å². The molecule has 3 heterocycles. The second-order valence-electron chi connectivity index (χ2n) is 9.10. The Bertz CT molecular complexity index is 541. The van der Waals surface area contributed by atoms with Crippen LogP contribution in [0.5, 0.6) is 0 Å². The van der Waals surface area contributed by atoms with Gasteiger partial charge in [-0.2, -0.15) is 0 Å². The van der Waals surface area contributed by atoms with Gasteiger partial charge in [0.25, 0.3) is 0 Å². The number of nitrogens with zero attached hydrogens (tertiary/aromatic N) is 3. The lowest BCUT2D eigenvalue weighted by Gasteiger charge is -2.43. The number of carbonyl (C=O) groups excluding carboxylic acids is 2. The maximum atomic E-state index is 12.8. The summed E-state index contributed by atoms with van der Waals surface area (Å²) in [6.07, 6.45) is 7.35. The van der Waals surface area contributed by atoms with Crippen LogP contribution in [-0.4, -0.2) is 84.5 Å². The van der Waals surface area contributed by atoms with Crippen LogP contribution < -0.4 is 0 Å². The van der Waals surface area contributed by atoms with Crippen LogP contribution in [0.15, 0.2) is 0 Å². The molecular formula is C22H39N3O3. The van der Waals surface area contributed by atoms with Gasteiger partial charge in [-0.15, -0.1) is 0 Å². The summed E-state index contributed by atoms with van der Waals surface area (Å²) < 4.78 is 6.25. The summed E-state index contributed by atoms with van der Waals surface area (Å²) in [6.45, 7) is 9.06. The van der Waals surface area contributed by atoms with Crippen LogP contribution in [0.1, 0.15) is 65.2 Å². The van der Waals surface area contributed by atoms with Gasteiger partial charge in [0.15, 0.2) is 0 Å². The molecule has 0 bridgehead atoms. The topological polar surface area (TPSA) is 53.1 Å². The molecule has 0 aromatic rings. The Morgan fingerprint density at radius 2 is 1.93 bits per heavy atom. The van der Waals surface area contributed by atoms with E-state index < -0.39 is 0 Å². The average Bonchev–Trinajstić information content (AvgIpc) is 3.03. The summed E-state index contributed by atoms with van der Waals surface area (Å²) in [5.74, 6) is 1.07. The lowest BCUT2D eigenvalue weighted by molar-refractivity contribution is -0.141. The third-order valence-electron chi connectivity index (χ3n) is 7.30. The highest BCUT2D eigenvalue weighted by Crippen LogP contribution is 2.31. The van der Waals surface area contributed by atoms with Crippen LogP contribution in [0, 0.1) is 5.92 Å². The quantitative estimate of drug-likeness (QED) is 0.696. The Morgan fingerprint density at radius 3 is 2.54 bits per heavy atom. The Morgan fingerprint density at radius 1 is 1.21 bits per heavy atom. The normalized spacial score (nSPS) is 26.3. The molecule has 3 aliphatic heterocycles. The van der Waals surface area contributed by atoms with Crippen molar-refractivity contribution in [3.05, 3.63) is 0 Å². The maximum Gasteiger partial charge on any atom is 0.224 e. The SMILES string of the molecule is CCC(CC)CN1CC2(CCN(C(=O)CC3CCCN3C)CC2)OCCC1=O. The Balaban J connectivity index is 1.56. The molecule has 1 unspecified atom stereocenters. The minimum atomic E-state index is -0.265. The van der Waals surface area contributed by atoms with Gasteiger partial charge in [-0.25, -0.2) is 0 Å². The summed E-state index contributed by atoms with van der Waals surface area (Å²) in [7, 11) is 2.13. The van der Waals surface area contributed by atoms with Crippen LogP contribution in [-0.2, 0) is 14.3 Å². The molecule has 0 aliphatic carbocycles. The number of hydrogen-bond acceptors (Lipinski definition) is 4. The molecular weight excluding hydrogens is 354 g/mol. The monoisotopic (exact) mass is 393 g/mol. The van der Waals surface area contributed by atoms with E-state index in [1.54, 1.807) is 0 Å². The van der Waals surface area contributed by atoms with Crippen molar-refractivity contribution < 1.29 is 14.3 Å². The summed E-state index contributed by atoms with van der Waals surface area (Å²) in [6, 6.07) is 0.408. The van der Waals surface area contributed by atoms with Gasteiger partial charge < -0.3 is 19.4 Å². The molecule has 160 valence electrons. The molecule has 3 aliphatic rings. The Labute approximate surface area is 170 Å². The highest BCUT2D eigenvalue weighted by Gasteiger charge is 2.41. The van der Waals surface area contributed by atoms with Crippen molar-refractivity contribution in [1.29, 1.82) is 0 Å². The zero-order valence-electron chi connectivity index (χ0n) is 18.1. The highest BCUT2D eigenvalue weighted by atomic mass is 16.5. The summed E-state index contributed by atoms with van der Waals surface area (Å²) in [4.78, 5) is 31.7. The van der Waals surface area contributed by atoms with E-state index in [9.17, 15) is 9.59 Å². The van der Waals surface area contributed by atoms with Crippen molar-refractivity contribution in [2.45, 2.75) is 76.9 Å². The average molecular weight is 394 g/mol. The first-order valence-electron chi connectivity index (χ1n) is 11.4. The van der Waals surface area contributed by atoms with E-state index in [0.29, 0.717) is 38.0 Å². The van der Waals surface area contributed by atoms with Crippen molar-refractivity contribution in [3.63, 3.8) is 0 Å². The maximum absolute atomic E-state index is 12.8. The lowest BCUT2D eigenvalue weighted by atomic mass is 9.89. The van der Waals surface area contributed by atoms with Crippen molar-refractivity contribution in [2.75, 3.05) is 46.4 Å². The van der Waals surface area contributed by atoms with Gasteiger partial charge in [0.1, 0.15) is 0 Å². The molecule has 6 nitrogen and oxygen atoms in total. The molecule has 3 fully saturated rings. The van der Waals surface area contributed by atoms with Crippen LogP contribution in [0.25, 0.3) is 0 Å². The molecule has 3 rings (SSSR count). The minimum absolute atomic E-state index is 0.228. The zero-order chi connectivity index (χ0) is 20.1. The van der Waals surface area contributed by atoms with E-state index in [4.69, 9.17) is 4.74 Å². The molecule has 0 N–H and O–H groups in total. The minimum Gasteiger partial charge on any atom is -0.372 e. The van der Waals surface area contributed by atoms with Gasteiger partial charge in [-0.3, -0.25) is 9.59 Å². The number of amides is 2. The van der Waals surface area contributed by atoms with Crippen LogP contribution in [0.2, 0.25) is 0 Å². The van der Waals surface area contributed by atoms with E-state index in [-0.39, 0.29) is 17.4 Å². The van der Waals surface area contributed by atoms with Crippen LogP contribution in [0.3, 0.4) is 0 Å². The van der Waals surface area contributed by atoms with Gasteiger partial charge in [-0.05, 0) is 45.2 Å². The van der Waals surface area contributed by atoms with E-state index in [2.05, 4.69) is 30.7 Å². The van der Waals surface area contributed by atoms with Crippen LogP contribution in [0.4, 0.5) is 0 Å². The zero-order valence-corrected chi connectivity index (χ0v) is 18.1. The lowest BCUT2D eigenvalue weighted by Crippen LogP contribution is -2.54. The van der Waals surface area contributed by atoms with Gasteiger partial charge in [0.05, 0.1) is 18.6 Å². The molecule has 0 aromatic heterocycles. The third kappa shape index (κ3) is 5.07. The summed E-state index contributed by atoms with van der Waals surface area (Å²) in [5, 5.41) is 0.